The molecule has 1 heterocycles. The molecule has 1 aromatic heterocycles. The monoisotopic (exact) mass is 290 g/mol. The van der Waals surface area contributed by atoms with Crippen molar-refractivity contribution in [1.29, 1.82) is 5.26 Å². The molecule has 102 valence electrons. The molecule has 0 aliphatic heterocycles. The van der Waals surface area contributed by atoms with E-state index in [1.54, 1.807) is 0 Å². The summed E-state index contributed by atoms with van der Waals surface area (Å²) < 4.78 is 38.4. The summed E-state index contributed by atoms with van der Waals surface area (Å²) >= 11 is 5.53. The zero-order chi connectivity index (χ0) is 14.0. The van der Waals surface area contributed by atoms with E-state index in [1.165, 1.54) is 0 Å². The Morgan fingerprint density at radius 3 is 2.79 bits per heavy atom. The Morgan fingerprint density at radius 2 is 2.16 bits per heavy atom. The minimum atomic E-state index is -4.56. The van der Waals surface area contributed by atoms with E-state index in [1.807, 2.05) is 0 Å². The summed E-state index contributed by atoms with van der Waals surface area (Å²) in [6.07, 6.45) is -1.80. The lowest BCUT2D eigenvalue weighted by Gasteiger charge is -2.19. The molecule has 0 spiro atoms. The predicted molar refractivity (Wildman–Crippen MR) is 62.4 cm³/mol. The second-order valence-corrected chi connectivity index (χ2v) is 4.65. The second-order valence-electron chi connectivity index (χ2n) is 4.32. The first-order chi connectivity index (χ1) is 8.91. The molecular formula is C11H10ClF3N4. The maximum Gasteiger partial charge on any atom is 0.421 e. The number of halogens is 4. The van der Waals surface area contributed by atoms with Crippen molar-refractivity contribution in [3.8, 4) is 6.07 Å². The molecule has 2 atom stereocenters. The first kappa shape index (κ1) is 13.9. The Balaban J connectivity index is 2.29. The van der Waals surface area contributed by atoms with Crippen molar-refractivity contribution in [2.24, 2.45) is 5.92 Å². The van der Waals surface area contributed by atoms with E-state index in [-0.39, 0.29) is 23.1 Å². The van der Waals surface area contributed by atoms with Gasteiger partial charge in [-0.1, -0.05) is 0 Å². The molecule has 0 amide bonds. The number of alkyl halides is 3. The Hall–Kier alpha value is -1.55. The summed E-state index contributed by atoms with van der Waals surface area (Å²) in [6, 6.07) is 1.75. The number of nitrogens with one attached hydrogen (secondary N) is 1. The molecule has 19 heavy (non-hydrogen) atoms. The van der Waals surface area contributed by atoms with Crippen molar-refractivity contribution in [3.63, 3.8) is 0 Å². The largest absolute Gasteiger partial charge is 0.421 e. The minimum Gasteiger partial charge on any atom is -0.365 e. The summed E-state index contributed by atoms with van der Waals surface area (Å²) in [5, 5.41) is 11.3. The highest BCUT2D eigenvalue weighted by Gasteiger charge is 2.37. The van der Waals surface area contributed by atoms with Crippen LogP contribution < -0.4 is 5.32 Å². The van der Waals surface area contributed by atoms with E-state index in [0.29, 0.717) is 19.0 Å². The van der Waals surface area contributed by atoms with Crippen LogP contribution in [0, 0.1) is 17.2 Å². The van der Waals surface area contributed by atoms with Crippen molar-refractivity contribution in [2.45, 2.75) is 31.5 Å². The zero-order valence-corrected chi connectivity index (χ0v) is 10.5. The average molecular weight is 291 g/mol. The van der Waals surface area contributed by atoms with E-state index < -0.39 is 11.7 Å². The van der Waals surface area contributed by atoms with E-state index in [2.05, 4.69) is 21.4 Å². The molecule has 1 fully saturated rings. The van der Waals surface area contributed by atoms with Crippen molar-refractivity contribution >= 4 is 17.4 Å². The van der Waals surface area contributed by atoms with Crippen LogP contribution in [-0.4, -0.2) is 16.0 Å². The molecule has 0 bridgehead atoms. The molecule has 1 aliphatic carbocycles. The summed E-state index contributed by atoms with van der Waals surface area (Å²) in [7, 11) is 0. The molecule has 2 rings (SSSR count). The third-order valence-electron chi connectivity index (χ3n) is 3.07. The first-order valence-electron chi connectivity index (χ1n) is 5.67. The van der Waals surface area contributed by atoms with Gasteiger partial charge in [-0.05, 0) is 30.9 Å². The van der Waals surface area contributed by atoms with Gasteiger partial charge < -0.3 is 5.32 Å². The van der Waals surface area contributed by atoms with Gasteiger partial charge in [0.1, 0.15) is 11.4 Å². The van der Waals surface area contributed by atoms with Gasteiger partial charge in [0.25, 0.3) is 0 Å². The molecule has 0 radical (unpaired) electrons. The highest BCUT2D eigenvalue weighted by molar-refractivity contribution is 6.28. The molecule has 1 aliphatic rings. The normalized spacial score (nSPS) is 23.1. The quantitative estimate of drug-likeness (QED) is 0.849. The fourth-order valence-corrected chi connectivity index (χ4v) is 2.27. The van der Waals surface area contributed by atoms with E-state index >= 15 is 0 Å². The first-order valence-corrected chi connectivity index (χ1v) is 6.05. The number of rotatable bonds is 2. The maximum absolute atomic E-state index is 12.8. The summed E-state index contributed by atoms with van der Waals surface area (Å²) in [6.45, 7) is 0. The van der Waals surface area contributed by atoms with Crippen molar-refractivity contribution in [2.75, 3.05) is 5.32 Å². The van der Waals surface area contributed by atoms with Crippen molar-refractivity contribution in [1.82, 2.24) is 9.97 Å². The van der Waals surface area contributed by atoms with E-state index in [4.69, 9.17) is 16.9 Å². The second kappa shape index (κ2) is 5.21. The third kappa shape index (κ3) is 3.07. The van der Waals surface area contributed by atoms with Crippen LogP contribution in [0.2, 0.25) is 5.28 Å². The molecule has 1 N–H and O–H groups in total. The highest BCUT2D eigenvalue weighted by Crippen LogP contribution is 2.36. The molecule has 1 unspecified atom stereocenters. The Labute approximate surface area is 112 Å². The standard InChI is InChI=1S/C11H10ClF3N4/c12-10-17-5-7(11(13,14)15)9(19-10)18-8-3-1-2-6(8)4-16/h5-6,8H,1-3H2,(H,17,18,19)/t6?,8-/m0/s1. The van der Waals surface area contributed by atoms with Gasteiger partial charge in [0, 0.05) is 12.2 Å². The molecule has 0 aromatic carbocycles. The Kier molecular flexibility index (Phi) is 3.80. The maximum atomic E-state index is 12.8. The van der Waals surface area contributed by atoms with Gasteiger partial charge in [-0.2, -0.15) is 18.4 Å². The van der Waals surface area contributed by atoms with Crippen LogP contribution in [0.4, 0.5) is 19.0 Å². The fourth-order valence-electron chi connectivity index (χ4n) is 2.14. The van der Waals surface area contributed by atoms with Gasteiger partial charge in [0.2, 0.25) is 5.28 Å². The highest BCUT2D eigenvalue weighted by atomic mass is 35.5. The topological polar surface area (TPSA) is 61.6 Å². The van der Waals surface area contributed by atoms with Gasteiger partial charge in [-0.25, -0.2) is 9.97 Å². The van der Waals surface area contributed by atoms with Crippen molar-refractivity contribution < 1.29 is 13.2 Å². The molecule has 0 saturated heterocycles. The van der Waals surface area contributed by atoms with E-state index in [0.717, 1.165) is 6.42 Å². The minimum absolute atomic E-state index is 0.262. The van der Waals surface area contributed by atoms with Gasteiger partial charge >= 0.3 is 6.18 Å². The van der Waals surface area contributed by atoms with Crippen LogP contribution in [-0.2, 0) is 6.18 Å². The molecule has 4 nitrogen and oxygen atoms in total. The van der Waals surface area contributed by atoms with E-state index in [9.17, 15) is 13.2 Å². The average Bonchev–Trinajstić information content (AvgIpc) is 2.74. The molecule has 1 aromatic rings. The number of anilines is 1. The smallest absolute Gasteiger partial charge is 0.365 e. The number of nitrogens with zero attached hydrogens (tertiary/aromatic N) is 3. The third-order valence-corrected chi connectivity index (χ3v) is 3.25. The lowest BCUT2D eigenvalue weighted by Crippen LogP contribution is -2.25. The lowest BCUT2D eigenvalue weighted by molar-refractivity contribution is -0.137. The summed E-state index contributed by atoms with van der Waals surface area (Å²) in [5.74, 6) is -0.672. The van der Waals surface area contributed by atoms with Crippen LogP contribution in [0.25, 0.3) is 0 Å². The molecular weight excluding hydrogens is 281 g/mol. The van der Waals surface area contributed by atoms with Gasteiger partial charge in [0.15, 0.2) is 0 Å². The summed E-state index contributed by atoms with van der Waals surface area (Å²) in [5.41, 5.74) is -0.972. The summed E-state index contributed by atoms with van der Waals surface area (Å²) in [4.78, 5) is 6.93. The van der Waals surface area contributed by atoms with Gasteiger partial charge in [-0.3, -0.25) is 0 Å². The fraction of sp³-hybridized carbons (Fsp3) is 0.545. The number of hydrogen-bond donors (Lipinski definition) is 1. The SMILES string of the molecule is N#CC1CCC[C@@H]1Nc1nc(Cl)ncc1C(F)(F)F. The molecule has 1 saturated carbocycles. The lowest BCUT2D eigenvalue weighted by atomic mass is 10.1. The van der Waals surface area contributed by atoms with Gasteiger partial charge in [0.05, 0.1) is 12.0 Å². The number of nitriles is 1. The molecule has 8 heteroatoms. The number of aromatic nitrogens is 2. The van der Waals surface area contributed by atoms with Crippen LogP contribution in [0.15, 0.2) is 6.20 Å². The van der Waals surface area contributed by atoms with Crippen LogP contribution in [0.3, 0.4) is 0 Å². The van der Waals surface area contributed by atoms with Crippen LogP contribution >= 0.6 is 11.6 Å². The van der Waals surface area contributed by atoms with Crippen molar-refractivity contribution in [3.05, 3.63) is 17.0 Å². The van der Waals surface area contributed by atoms with Gasteiger partial charge in [-0.15, -0.1) is 0 Å². The Morgan fingerprint density at radius 1 is 1.42 bits per heavy atom. The Bertz CT molecular complexity index is 512. The van der Waals surface area contributed by atoms with Crippen LogP contribution in [0.5, 0.6) is 0 Å². The zero-order valence-electron chi connectivity index (χ0n) is 9.71. The van der Waals surface area contributed by atoms with Crippen LogP contribution in [0.1, 0.15) is 24.8 Å². The number of hydrogen-bond acceptors (Lipinski definition) is 4. The predicted octanol–water partition coefficient (Wildman–Crippen LogP) is 3.25.